The Morgan fingerprint density at radius 2 is 1.04 bits per heavy atom. The van der Waals surface area contributed by atoms with Gasteiger partial charge < -0.3 is 60.1 Å². The molecule has 1 heterocycles. The van der Waals surface area contributed by atoms with Gasteiger partial charge in [-0.15, -0.1) is 0 Å². The first kappa shape index (κ1) is 70.5. The Morgan fingerprint density at radius 3 is 1.66 bits per heavy atom. The minimum absolute atomic E-state index is 0.00469. The molecule has 5 atom stereocenters. The van der Waals surface area contributed by atoms with E-state index in [0.29, 0.717) is 13.0 Å². The summed E-state index contributed by atoms with van der Waals surface area (Å²) in [6.07, 6.45) is -1.41. The number of nitrogens with one attached hydrogen (secondary N) is 5. The fourth-order valence-electron chi connectivity index (χ4n) is 7.32. The molecular weight excluding hydrogens is 1070 g/mol. The molecule has 1 aliphatic heterocycles. The summed E-state index contributed by atoms with van der Waals surface area (Å²) >= 11 is -1.82. The number of Topliss-reactive ketones (excluding diaryl/α,β-unsaturated/α-hetero) is 4. The summed E-state index contributed by atoms with van der Waals surface area (Å²) in [4.78, 5) is 137. The number of ketones is 4. The van der Waals surface area contributed by atoms with Crippen LogP contribution in [-0.2, 0) is 89.4 Å². The summed E-state index contributed by atoms with van der Waals surface area (Å²) in [5, 5.41) is 22.3. The minimum atomic E-state index is -1.82. The van der Waals surface area contributed by atoms with Gasteiger partial charge in [0, 0.05) is 98.8 Å². The predicted molar refractivity (Wildman–Crippen MR) is 274 cm³/mol. The van der Waals surface area contributed by atoms with Gasteiger partial charge in [-0.1, -0.05) is 12.8 Å². The molecule has 1 radical (unpaired) electrons. The van der Waals surface area contributed by atoms with E-state index in [9.17, 15) is 52.7 Å². The monoisotopic (exact) mass is 1160 g/mol. The molecule has 1 rings (SSSR count). The zero-order chi connectivity index (χ0) is 57.2. The molecule has 0 aromatic heterocycles. The van der Waals surface area contributed by atoms with Crippen molar-refractivity contribution in [3.63, 3.8) is 0 Å². The van der Waals surface area contributed by atoms with Crippen LogP contribution in [0.3, 0.4) is 0 Å². The average molecular weight is 1160 g/mol. The van der Waals surface area contributed by atoms with E-state index >= 15 is 0 Å². The van der Waals surface area contributed by atoms with E-state index in [0.717, 1.165) is 22.9 Å². The van der Waals surface area contributed by atoms with Gasteiger partial charge in [-0.3, -0.25) is 33.6 Å². The quantitative estimate of drug-likeness (QED) is 0.0256. The van der Waals surface area contributed by atoms with E-state index in [1.165, 1.54) is 35.0 Å². The zero-order valence-corrected chi connectivity index (χ0v) is 48.0. The van der Waals surface area contributed by atoms with Crippen LogP contribution >= 0.6 is 0 Å². The predicted octanol–water partition coefficient (Wildman–Crippen LogP) is -0.419. The molecule has 2 unspecified atom stereocenters. The van der Waals surface area contributed by atoms with Gasteiger partial charge in [0.25, 0.3) is 0 Å². The first-order valence-electron chi connectivity index (χ1n) is 26.2. The molecule has 1 aliphatic rings. The van der Waals surface area contributed by atoms with E-state index in [1.807, 2.05) is 0 Å². The number of amides is 7. The molecule has 7 amide bonds. The summed E-state index contributed by atoms with van der Waals surface area (Å²) in [6.45, 7) is 3.73. The third-order valence-electron chi connectivity index (χ3n) is 11.5. The van der Waals surface area contributed by atoms with Gasteiger partial charge in [0.1, 0.15) is 42.7 Å². The fraction of sp³-hybridized carbons (Fsp3) is 0.780. The van der Waals surface area contributed by atoms with Crippen LogP contribution in [0.15, 0.2) is 0 Å². The van der Waals surface area contributed by atoms with Gasteiger partial charge in [0.2, 0.25) is 29.5 Å². The summed E-state index contributed by atoms with van der Waals surface area (Å²) < 4.78 is 47.4. The first-order valence-corrected chi connectivity index (χ1v) is 28.3. The molecule has 0 saturated carbocycles. The van der Waals surface area contributed by atoms with Crippen LogP contribution in [0.4, 0.5) is 0 Å². The number of rotatable bonds is 47. The fourth-order valence-corrected chi connectivity index (χ4v) is 8.72. The Bertz CT molecular complexity index is 1820. The Morgan fingerprint density at radius 1 is 0.506 bits per heavy atom. The number of ether oxygens (including phenoxy) is 7. The molecule has 77 heavy (non-hydrogen) atoms. The SMILES string of the molecule is COCCC(=O)CCNC(=O)CCO[C@@H]1C(NC(C)=O)[C@H](OCCC(=O)CCC(=O)NCCCCCCO)OC(COCCC(=O)CCCC(=O)CC[O][Ga][N](C(C)=O)C(C)=O)[C@@H]1OCCC(=O)NCCC(=O)NCOC. The molecule has 1 fully saturated rings. The number of aliphatic hydroxyl groups excluding tert-OH is 1. The van der Waals surface area contributed by atoms with Crippen LogP contribution in [0.25, 0.3) is 0 Å². The Balaban J connectivity index is 3.21. The Labute approximate surface area is 459 Å². The first-order chi connectivity index (χ1) is 36.9. The average Bonchev–Trinajstić information content (AvgIpc) is 3.37. The van der Waals surface area contributed by atoms with Gasteiger partial charge in [0.15, 0.2) is 6.29 Å². The Hall–Kier alpha value is -4.55. The van der Waals surface area contributed by atoms with Crippen LogP contribution in [0, 0.1) is 0 Å². The maximum atomic E-state index is 12.9. The van der Waals surface area contributed by atoms with Crippen molar-refractivity contribution < 1.29 is 94.5 Å². The molecular formula is C50H84GaN6O20. The van der Waals surface area contributed by atoms with E-state index in [1.54, 1.807) is 0 Å². The largest absolute Gasteiger partial charge is 0.372 e. The minimum Gasteiger partial charge on any atom is -0.372 e. The third kappa shape index (κ3) is 35.6. The van der Waals surface area contributed by atoms with E-state index in [-0.39, 0.29) is 191 Å². The molecule has 6 N–H and O–H groups in total. The molecule has 0 bridgehead atoms. The maximum absolute atomic E-state index is 12.9. The number of hydrogen-bond donors (Lipinski definition) is 6. The van der Waals surface area contributed by atoms with Gasteiger partial charge in [-0.2, -0.15) is 0 Å². The van der Waals surface area contributed by atoms with Crippen molar-refractivity contribution in [3.8, 4) is 0 Å². The van der Waals surface area contributed by atoms with Crippen molar-refractivity contribution in [2.75, 3.05) is 93.4 Å². The Kier molecular flexibility index (Phi) is 40.6. The van der Waals surface area contributed by atoms with Crippen molar-refractivity contribution in [3.05, 3.63) is 0 Å². The molecule has 0 spiro atoms. The third-order valence-corrected chi connectivity index (χ3v) is 14.2. The number of imide groups is 1. The van der Waals surface area contributed by atoms with Crippen molar-refractivity contribution in [1.29, 1.82) is 0 Å². The number of aliphatic hydroxyl groups is 1. The number of carbonyl (C=O) groups is 11. The number of unbranched alkanes of at least 4 members (excludes halogenated alkanes) is 3. The number of nitrogens with zero attached hydrogens (tertiary/aromatic N) is 1. The molecule has 437 valence electrons. The van der Waals surface area contributed by atoms with Gasteiger partial charge >= 0.3 is 138 Å². The zero-order valence-electron chi connectivity index (χ0n) is 45.6. The number of methoxy groups -OCH3 is 2. The normalized spacial score (nSPS) is 16.9. The van der Waals surface area contributed by atoms with Crippen molar-refractivity contribution in [2.45, 2.75) is 161 Å². The van der Waals surface area contributed by atoms with Crippen molar-refractivity contribution >= 4 is 82.5 Å². The molecule has 26 nitrogen and oxygen atoms in total. The van der Waals surface area contributed by atoms with Crippen LogP contribution < -0.4 is 26.6 Å². The molecule has 0 aromatic carbocycles. The molecule has 1 saturated heterocycles. The van der Waals surface area contributed by atoms with Crippen molar-refractivity contribution in [2.24, 2.45) is 0 Å². The number of hydrogen-bond acceptors (Lipinski definition) is 20. The summed E-state index contributed by atoms with van der Waals surface area (Å²) in [7, 11) is 2.89. The summed E-state index contributed by atoms with van der Waals surface area (Å²) in [5.41, 5.74) is 0. The number of carbonyl (C=O) groups excluding carboxylic acids is 11. The van der Waals surface area contributed by atoms with Gasteiger partial charge in [-0.05, 0) is 12.8 Å². The molecule has 27 heteroatoms. The van der Waals surface area contributed by atoms with Crippen LogP contribution in [0.2, 0.25) is 0 Å². The second-order valence-corrected chi connectivity index (χ2v) is 20.2. The molecule has 0 aromatic rings. The topological polar surface area (TPSA) is 345 Å². The van der Waals surface area contributed by atoms with Gasteiger partial charge in [-0.25, -0.2) is 0 Å². The van der Waals surface area contributed by atoms with Gasteiger partial charge in [0.05, 0.1) is 26.4 Å². The van der Waals surface area contributed by atoms with E-state index < -0.39 is 78.2 Å². The van der Waals surface area contributed by atoms with Crippen LogP contribution in [0.5, 0.6) is 0 Å². The van der Waals surface area contributed by atoms with Crippen LogP contribution in [-0.4, -0.2) is 215 Å². The standard InChI is InChI=1S/C46H78N5O18.C4H7NO2.Ga/c1-33(54)51-43-45(67-30-20-41(61)48-22-13-37(58)16-26-63-2)44(66-29-19-42(62)49-23-14-40(60)50-32-64-3)38(31-65-27-17-35(56)10-8-9-34(55)15-25-53)69-46(43)68-28-18-36(57)11-12-39(59)47-21-6-4-5-7-24-52;1-3(6)5-4(2)7;/h38,43-46,52H,4-32H2,1-3H3,(H,47,59)(H,48,61)(H,49,62)(H,50,60)(H,51,54);1-2H3,(H,5,6,7);/q-1;;+2/p-1/t38?,43?,44-,45+,46+;;/m0../s1. The summed E-state index contributed by atoms with van der Waals surface area (Å²) in [5.74, 6) is -3.61. The van der Waals surface area contributed by atoms with E-state index in [4.69, 9.17) is 41.8 Å². The summed E-state index contributed by atoms with van der Waals surface area (Å²) in [6, 6.07) is -1.14. The molecule has 0 aliphatic carbocycles. The second kappa shape index (κ2) is 44.3. The maximum Gasteiger partial charge on any atom is 0.223 e. The van der Waals surface area contributed by atoms with Crippen molar-refractivity contribution in [1.82, 2.24) is 30.2 Å². The van der Waals surface area contributed by atoms with Crippen LogP contribution in [0.1, 0.15) is 130 Å². The van der Waals surface area contributed by atoms with E-state index in [2.05, 4.69) is 26.6 Å². The second-order valence-electron chi connectivity index (χ2n) is 18.0. The smallest absolute Gasteiger partial charge is 0.223 e.